The third-order valence-electron chi connectivity index (χ3n) is 4.65. The summed E-state index contributed by atoms with van der Waals surface area (Å²) >= 11 is 7.01. The van der Waals surface area contributed by atoms with Crippen LogP contribution in [0.25, 0.3) is 11.1 Å². The third-order valence-corrected chi connectivity index (χ3v) is 6.58. The van der Waals surface area contributed by atoms with Crippen molar-refractivity contribution in [1.82, 2.24) is 4.98 Å². The lowest BCUT2D eigenvalue weighted by Crippen LogP contribution is -2.17. The van der Waals surface area contributed by atoms with Gasteiger partial charge in [-0.3, -0.25) is 9.59 Å². The molecule has 4 aromatic rings. The summed E-state index contributed by atoms with van der Waals surface area (Å²) in [5, 5.41) is 13.2. The minimum absolute atomic E-state index is 0. The Morgan fingerprint density at radius 3 is 2.35 bits per heavy atom. The first-order valence-electron chi connectivity index (χ1n) is 9.60. The fourth-order valence-corrected chi connectivity index (χ4v) is 4.55. The van der Waals surface area contributed by atoms with E-state index in [9.17, 15) is 13.8 Å². The molecule has 0 saturated carbocycles. The zero-order chi connectivity index (χ0) is 23.4. The van der Waals surface area contributed by atoms with Gasteiger partial charge in [-0.15, -0.1) is 11.3 Å². The molecule has 34 heavy (non-hydrogen) atoms. The number of amides is 2. The van der Waals surface area contributed by atoms with E-state index in [2.05, 4.69) is 15.6 Å². The Morgan fingerprint density at radius 2 is 1.68 bits per heavy atom. The van der Waals surface area contributed by atoms with Crippen molar-refractivity contribution in [2.75, 3.05) is 10.6 Å². The van der Waals surface area contributed by atoms with Crippen LogP contribution < -0.4 is 15.8 Å². The molecule has 0 saturated heterocycles. The van der Waals surface area contributed by atoms with Crippen molar-refractivity contribution in [2.45, 2.75) is 4.90 Å². The number of pyridine rings is 1. The highest BCUT2D eigenvalue weighted by Gasteiger charge is 2.17. The maximum Gasteiger partial charge on any atom is 0.269 e. The standard InChI is InChI=1S/C23H17ClN4O3S2.H2O/c24-16-9-10-20(26-13-16)28-23(30)21-18(11-12-32-21)27-22(29)15-7-5-14(6-8-15)17-3-1-2-4-19(17)33(25)31;/h1-13H,25H2,(H,27,29)(H,26,28,30);1H2. The molecule has 0 fully saturated rings. The lowest BCUT2D eigenvalue weighted by atomic mass is 10.0. The second-order valence-corrected chi connectivity index (χ2v) is 9.19. The molecule has 11 heteroatoms. The summed E-state index contributed by atoms with van der Waals surface area (Å²) in [6, 6.07) is 18.8. The second kappa shape index (κ2) is 11.1. The van der Waals surface area contributed by atoms with E-state index in [4.69, 9.17) is 16.7 Å². The van der Waals surface area contributed by atoms with Crippen LogP contribution in [0.1, 0.15) is 20.0 Å². The zero-order valence-corrected chi connectivity index (χ0v) is 19.8. The fraction of sp³-hybridized carbons (Fsp3) is 0. The Balaban J connectivity index is 0.00000324. The summed E-state index contributed by atoms with van der Waals surface area (Å²) in [5.74, 6) is -0.407. The van der Waals surface area contributed by atoms with Gasteiger partial charge in [0.1, 0.15) is 21.7 Å². The lowest BCUT2D eigenvalue weighted by molar-refractivity contribution is 0.102. The number of rotatable bonds is 6. The number of anilines is 2. The topological polar surface area (TPSA) is 146 Å². The summed E-state index contributed by atoms with van der Waals surface area (Å²) < 4.78 is 11.8. The SMILES string of the molecule is NS(=O)c1ccccc1-c1ccc(C(=O)Nc2ccsc2C(=O)Nc2ccc(Cl)cn2)cc1.O. The summed E-state index contributed by atoms with van der Waals surface area (Å²) in [4.78, 5) is 30.3. The van der Waals surface area contributed by atoms with E-state index in [1.54, 1.807) is 60.0 Å². The van der Waals surface area contributed by atoms with Gasteiger partial charge in [0.05, 0.1) is 15.6 Å². The van der Waals surface area contributed by atoms with E-state index in [0.29, 0.717) is 31.9 Å². The number of hydrogen-bond acceptors (Lipinski definition) is 5. The van der Waals surface area contributed by atoms with E-state index in [1.807, 2.05) is 12.1 Å². The zero-order valence-electron chi connectivity index (χ0n) is 17.4. The maximum absolute atomic E-state index is 12.8. The van der Waals surface area contributed by atoms with Gasteiger partial charge in [0.15, 0.2) is 0 Å². The number of nitrogens with two attached hydrogens (primary N) is 1. The van der Waals surface area contributed by atoms with Crippen LogP contribution in [0.2, 0.25) is 5.02 Å². The predicted molar refractivity (Wildman–Crippen MR) is 136 cm³/mol. The van der Waals surface area contributed by atoms with Gasteiger partial charge in [0.2, 0.25) is 0 Å². The van der Waals surface area contributed by atoms with E-state index >= 15 is 0 Å². The van der Waals surface area contributed by atoms with Crippen molar-refractivity contribution in [2.24, 2.45) is 5.14 Å². The molecule has 6 N–H and O–H groups in total. The number of carbonyl (C=O) groups excluding carboxylic acids is 2. The third kappa shape index (κ3) is 5.74. The molecule has 2 amide bonds. The van der Waals surface area contributed by atoms with Crippen molar-refractivity contribution >= 4 is 57.2 Å². The molecule has 0 aliphatic heterocycles. The highest BCUT2D eigenvalue weighted by atomic mass is 35.5. The van der Waals surface area contributed by atoms with Crippen LogP contribution in [-0.4, -0.2) is 26.5 Å². The summed E-state index contributed by atoms with van der Waals surface area (Å²) in [5.41, 5.74) is 2.32. The first-order chi connectivity index (χ1) is 15.9. The van der Waals surface area contributed by atoms with Gasteiger partial charge in [0.25, 0.3) is 11.8 Å². The number of aromatic nitrogens is 1. The predicted octanol–water partition coefficient (Wildman–Crippen LogP) is 4.12. The van der Waals surface area contributed by atoms with Gasteiger partial charge in [-0.2, -0.15) is 0 Å². The number of hydrogen-bond donors (Lipinski definition) is 3. The molecule has 0 bridgehead atoms. The highest BCUT2D eigenvalue weighted by Crippen LogP contribution is 2.27. The highest BCUT2D eigenvalue weighted by molar-refractivity contribution is 7.82. The summed E-state index contributed by atoms with van der Waals surface area (Å²) in [6.45, 7) is 0. The smallest absolute Gasteiger partial charge is 0.269 e. The maximum atomic E-state index is 12.8. The first-order valence-corrected chi connectivity index (χ1v) is 12.1. The minimum Gasteiger partial charge on any atom is -0.412 e. The number of thiophene rings is 1. The number of nitrogens with zero attached hydrogens (tertiary/aromatic N) is 1. The quantitative estimate of drug-likeness (QED) is 0.355. The monoisotopic (exact) mass is 514 g/mol. The van der Waals surface area contributed by atoms with Gasteiger partial charge in [-0.25, -0.2) is 14.3 Å². The molecule has 4 rings (SSSR count). The molecule has 2 aromatic carbocycles. The number of halogens is 1. The van der Waals surface area contributed by atoms with Gasteiger partial charge in [-0.1, -0.05) is 41.9 Å². The van der Waals surface area contributed by atoms with Gasteiger partial charge < -0.3 is 16.1 Å². The lowest BCUT2D eigenvalue weighted by Gasteiger charge is -2.09. The number of benzene rings is 2. The molecular weight excluding hydrogens is 496 g/mol. The van der Waals surface area contributed by atoms with Crippen molar-refractivity contribution in [3.05, 3.63) is 93.8 Å². The minimum atomic E-state index is -1.63. The van der Waals surface area contributed by atoms with Crippen LogP contribution >= 0.6 is 22.9 Å². The Bertz CT molecular complexity index is 1340. The molecule has 0 aliphatic carbocycles. The molecule has 2 aromatic heterocycles. The number of nitrogens with one attached hydrogen (secondary N) is 2. The van der Waals surface area contributed by atoms with E-state index in [1.165, 1.54) is 17.5 Å². The van der Waals surface area contributed by atoms with Crippen molar-refractivity contribution < 1.29 is 19.3 Å². The molecule has 174 valence electrons. The molecule has 0 radical (unpaired) electrons. The van der Waals surface area contributed by atoms with E-state index < -0.39 is 16.9 Å². The Morgan fingerprint density at radius 1 is 0.941 bits per heavy atom. The Labute approximate surface area is 206 Å². The largest absolute Gasteiger partial charge is 0.412 e. The Kier molecular flexibility index (Phi) is 8.26. The fourth-order valence-electron chi connectivity index (χ4n) is 3.08. The van der Waals surface area contributed by atoms with Crippen LogP contribution in [0.5, 0.6) is 0 Å². The molecule has 0 aliphatic rings. The van der Waals surface area contributed by atoms with Crippen LogP contribution in [0.3, 0.4) is 0 Å². The molecule has 0 spiro atoms. The molecule has 1 atom stereocenters. The molecule has 8 nitrogen and oxygen atoms in total. The average molecular weight is 515 g/mol. The molecule has 1 unspecified atom stereocenters. The van der Waals surface area contributed by atoms with Gasteiger partial charge in [-0.05, 0) is 52.9 Å². The van der Waals surface area contributed by atoms with Crippen LogP contribution in [-0.2, 0) is 11.0 Å². The molecule has 2 heterocycles. The van der Waals surface area contributed by atoms with Crippen molar-refractivity contribution in [3.8, 4) is 11.1 Å². The van der Waals surface area contributed by atoms with Crippen LogP contribution in [0, 0.1) is 0 Å². The van der Waals surface area contributed by atoms with Crippen molar-refractivity contribution in [1.29, 1.82) is 0 Å². The van der Waals surface area contributed by atoms with Gasteiger partial charge >= 0.3 is 0 Å². The van der Waals surface area contributed by atoms with Gasteiger partial charge in [0, 0.05) is 11.8 Å². The molecular formula is C23H19ClN4O4S2. The first kappa shape index (κ1) is 25.2. The van der Waals surface area contributed by atoms with E-state index in [0.717, 1.165) is 11.1 Å². The Hall–Kier alpha value is -3.41. The van der Waals surface area contributed by atoms with Crippen LogP contribution in [0.15, 0.2) is 83.2 Å². The average Bonchev–Trinajstić information content (AvgIpc) is 3.29. The summed E-state index contributed by atoms with van der Waals surface area (Å²) in [6.07, 6.45) is 1.43. The second-order valence-electron chi connectivity index (χ2n) is 6.80. The van der Waals surface area contributed by atoms with E-state index in [-0.39, 0.29) is 11.4 Å². The normalized spacial score (nSPS) is 11.2. The summed E-state index contributed by atoms with van der Waals surface area (Å²) in [7, 11) is -1.63. The van der Waals surface area contributed by atoms with Crippen LogP contribution in [0.4, 0.5) is 11.5 Å². The van der Waals surface area contributed by atoms with Crippen molar-refractivity contribution in [3.63, 3.8) is 0 Å². The number of carbonyl (C=O) groups is 2.